The Morgan fingerprint density at radius 2 is 1.57 bits per heavy atom. The zero-order valence-electron chi connectivity index (χ0n) is 6.72. The van der Waals surface area contributed by atoms with Gasteiger partial charge in [0.05, 0.1) is 0 Å². The van der Waals surface area contributed by atoms with Crippen LogP contribution < -0.4 is 5.73 Å². The monoisotopic (exact) mass is 214 g/mol. The maximum atomic E-state index is 12.2. The van der Waals surface area contributed by atoms with Gasteiger partial charge >= 0.3 is 7.25 Å². The van der Waals surface area contributed by atoms with Crippen LogP contribution >= 0.6 is 0 Å². The summed E-state index contributed by atoms with van der Waals surface area (Å²) in [6.45, 7) is 0. The third-order valence-corrected chi connectivity index (χ3v) is 0.970. The summed E-state index contributed by atoms with van der Waals surface area (Å²) in [6, 6.07) is 3.66. The van der Waals surface area contributed by atoms with Gasteiger partial charge in [-0.05, 0) is 12.1 Å². The van der Waals surface area contributed by atoms with E-state index in [-0.39, 0.29) is 0 Å². The molecule has 0 aliphatic rings. The molecule has 1 aromatic rings. The lowest BCUT2D eigenvalue weighted by molar-refractivity contribution is 0.368. The van der Waals surface area contributed by atoms with Crippen LogP contribution in [0.5, 0.6) is 5.75 Å². The molecule has 0 saturated heterocycles. The zero-order valence-corrected chi connectivity index (χ0v) is 6.72. The van der Waals surface area contributed by atoms with E-state index in [0.29, 0.717) is 5.69 Å². The summed E-state index contributed by atoms with van der Waals surface area (Å²) >= 11 is 0. The SMILES string of the molecule is F[B-](F)(F)F.Nc1ccc(F)c(O)c1. The lowest BCUT2D eigenvalue weighted by atomic mass is 10.3. The lowest BCUT2D eigenvalue weighted by Crippen LogP contribution is -2.02. The average Bonchev–Trinajstić information content (AvgIpc) is 1.94. The fraction of sp³-hybridized carbons (Fsp3) is 0. The Labute approximate surface area is 76.3 Å². The number of aromatic hydroxyl groups is 1. The van der Waals surface area contributed by atoms with E-state index in [1.165, 1.54) is 6.07 Å². The normalized spacial score (nSPS) is 10.4. The highest BCUT2D eigenvalue weighted by atomic mass is 19.5. The van der Waals surface area contributed by atoms with Gasteiger partial charge in [0, 0.05) is 11.8 Å². The molecule has 0 radical (unpaired) electrons. The maximum absolute atomic E-state index is 12.2. The van der Waals surface area contributed by atoms with Crippen molar-refractivity contribution in [1.82, 2.24) is 0 Å². The molecular weight excluding hydrogens is 208 g/mol. The van der Waals surface area contributed by atoms with Crippen LogP contribution in [0.3, 0.4) is 0 Å². The van der Waals surface area contributed by atoms with Crippen molar-refractivity contribution in [3.8, 4) is 5.75 Å². The summed E-state index contributed by atoms with van der Waals surface area (Å²) in [6.07, 6.45) is 0. The first-order valence-corrected chi connectivity index (χ1v) is 3.31. The van der Waals surface area contributed by atoms with Crippen molar-refractivity contribution >= 4 is 12.9 Å². The summed E-state index contributed by atoms with van der Waals surface area (Å²) < 4.78 is 51.2. The first-order chi connectivity index (χ1) is 6.20. The third-order valence-electron chi connectivity index (χ3n) is 0.970. The van der Waals surface area contributed by atoms with E-state index in [2.05, 4.69) is 0 Å². The molecule has 1 rings (SSSR count). The van der Waals surface area contributed by atoms with E-state index in [0.717, 1.165) is 12.1 Å². The fourth-order valence-electron chi connectivity index (χ4n) is 0.530. The lowest BCUT2D eigenvalue weighted by Gasteiger charge is -1.94. The van der Waals surface area contributed by atoms with Crippen molar-refractivity contribution in [3.63, 3.8) is 0 Å². The Bertz CT molecular complexity index is 297. The molecule has 0 bridgehead atoms. The molecule has 3 N–H and O–H groups in total. The third kappa shape index (κ3) is 7.20. The second-order valence-corrected chi connectivity index (χ2v) is 2.21. The molecule has 0 saturated carbocycles. The molecule has 0 atom stereocenters. The van der Waals surface area contributed by atoms with Gasteiger partial charge in [-0.25, -0.2) is 4.39 Å². The molecule has 0 spiro atoms. The van der Waals surface area contributed by atoms with E-state index in [4.69, 9.17) is 10.8 Å². The van der Waals surface area contributed by atoms with Gasteiger partial charge in [0.1, 0.15) is 0 Å². The average molecular weight is 214 g/mol. The molecular formula is C6H6BF5NO-. The number of nitrogen functional groups attached to an aromatic ring is 1. The minimum atomic E-state index is -6.00. The van der Waals surface area contributed by atoms with E-state index in [1.807, 2.05) is 0 Å². The van der Waals surface area contributed by atoms with Gasteiger partial charge in [-0.3, -0.25) is 0 Å². The molecule has 0 aliphatic heterocycles. The second-order valence-electron chi connectivity index (χ2n) is 2.21. The molecule has 80 valence electrons. The number of hydrogen-bond acceptors (Lipinski definition) is 2. The van der Waals surface area contributed by atoms with Crippen molar-refractivity contribution < 1.29 is 26.8 Å². The van der Waals surface area contributed by atoms with Crippen molar-refractivity contribution in [2.75, 3.05) is 5.73 Å². The molecule has 8 heteroatoms. The van der Waals surface area contributed by atoms with Crippen molar-refractivity contribution in [2.45, 2.75) is 0 Å². The van der Waals surface area contributed by atoms with E-state index in [9.17, 15) is 21.7 Å². The van der Waals surface area contributed by atoms with Crippen molar-refractivity contribution in [1.29, 1.82) is 0 Å². The standard InChI is InChI=1S/C6H6FNO.BF4/c7-5-2-1-4(8)3-6(5)9;2-1(3,4)5/h1-3,9H,8H2;/q;-1. The summed E-state index contributed by atoms with van der Waals surface area (Å²) in [7, 11) is -6.00. The van der Waals surface area contributed by atoms with Gasteiger partial charge in [0.15, 0.2) is 11.6 Å². The molecule has 0 aromatic heterocycles. The number of hydrogen-bond donors (Lipinski definition) is 2. The van der Waals surface area contributed by atoms with Crippen LogP contribution in [0.15, 0.2) is 18.2 Å². The second kappa shape index (κ2) is 4.68. The van der Waals surface area contributed by atoms with Crippen LogP contribution in [0.1, 0.15) is 0 Å². The van der Waals surface area contributed by atoms with Crippen LogP contribution in [-0.2, 0) is 0 Å². The predicted molar refractivity (Wildman–Crippen MR) is 42.7 cm³/mol. The Kier molecular flexibility index (Phi) is 4.19. The summed E-state index contributed by atoms with van der Waals surface area (Å²) in [5.74, 6) is -1.06. The molecule has 0 fully saturated rings. The van der Waals surface area contributed by atoms with Gasteiger partial charge in [-0.15, -0.1) is 0 Å². The number of rotatable bonds is 0. The number of phenols is 1. The highest BCUT2D eigenvalue weighted by Crippen LogP contribution is 2.17. The quantitative estimate of drug-likeness (QED) is 0.395. The first-order valence-electron chi connectivity index (χ1n) is 3.31. The molecule has 0 unspecified atom stereocenters. The summed E-state index contributed by atoms with van der Waals surface area (Å²) in [4.78, 5) is 0. The number of anilines is 1. The predicted octanol–water partition coefficient (Wildman–Crippen LogP) is 2.41. The number of phenolic OH excluding ortho intramolecular Hbond substituents is 1. The van der Waals surface area contributed by atoms with Gasteiger partial charge in [0.2, 0.25) is 0 Å². The number of benzene rings is 1. The largest absolute Gasteiger partial charge is 0.673 e. The molecule has 0 aliphatic carbocycles. The molecule has 0 heterocycles. The molecule has 2 nitrogen and oxygen atoms in total. The van der Waals surface area contributed by atoms with Gasteiger partial charge in [-0.2, -0.15) is 0 Å². The van der Waals surface area contributed by atoms with Crippen LogP contribution in [0, 0.1) is 5.82 Å². The smallest absolute Gasteiger partial charge is 0.505 e. The van der Waals surface area contributed by atoms with Crippen molar-refractivity contribution in [3.05, 3.63) is 24.0 Å². The number of nitrogens with two attached hydrogens (primary N) is 1. The summed E-state index contributed by atoms with van der Waals surface area (Å²) in [5, 5.41) is 8.65. The van der Waals surface area contributed by atoms with Gasteiger partial charge in [0.25, 0.3) is 0 Å². The molecule has 1 aromatic carbocycles. The molecule has 0 amide bonds. The molecule has 14 heavy (non-hydrogen) atoms. The van der Waals surface area contributed by atoms with Crippen LogP contribution in [-0.4, -0.2) is 12.4 Å². The number of halogens is 5. The van der Waals surface area contributed by atoms with Crippen LogP contribution in [0.4, 0.5) is 27.3 Å². The Morgan fingerprint density at radius 3 is 1.86 bits per heavy atom. The van der Waals surface area contributed by atoms with E-state index >= 15 is 0 Å². The van der Waals surface area contributed by atoms with E-state index in [1.54, 1.807) is 0 Å². The maximum Gasteiger partial charge on any atom is 0.673 e. The topological polar surface area (TPSA) is 46.2 Å². The van der Waals surface area contributed by atoms with Gasteiger partial charge < -0.3 is 28.1 Å². The Morgan fingerprint density at radius 1 is 1.14 bits per heavy atom. The zero-order chi connectivity index (χ0) is 11.4. The van der Waals surface area contributed by atoms with Gasteiger partial charge in [-0.1, -0.05) is 0 Å². The summed E-state index contributed by atoms with van der Waals surface area (Å²) in [5.41, 5.74) is 5.56. The highest BCUT2D eigenvalue weighted by Gasteiger charge is 2.20. The van der Waals surface area contributed by atoms with E-state index < -0.39 is 18.8 Å². The van der Waals surface area contributed by atoms with Crippen LogP contribution in [0.25, 0.3) is 0 Å². The Balaban J connectivity index is 0.000000292. The Hall–Kier alpha value is -1.47. The fourth-order valence-corrected chi connectivity index (χ4v) is 0.530. The van der Waals surface area contributed by atoms with Crippen LogP contribution in [0.2, 0.25) is 0 Å². The first kappa shape index (κ1) is 12.5. The van der Waals surface area contributed by atoms with Crippen molar-refractivity contribution in [2.24, 2.45) is 0 Å². The minimum Gasteiger partial charge on any atom is -0.505 e. The minimum absolute atomic E-state index is 0.355. The highest BCUT2D eigenvalue weighted by molar-refractivity contribution is 6.50.